The minimum absolute atomic E-state index is 0.0526. The monoisotopic (exact) mass is 405 g/mol. The zero-order valence-electron chi connectivity index (χ0n) is 17.4. The molecule has 0 unspecified atom stereocenters. The lowest BCUT2D eigenvalue weighted by Crippen LogP contribution is -2.44. The number of rotatable bonds is 6. The molecule has 156 valence electrons. The second kappa shape index (κ2) is 9.09. The number of methoxy groups -OCH3 is 1. The third kappa shape index (κ3) is 4.36. The molecule has 1 aliphatic rings. The molecule has 30 heavy (non-hydrogen) atoms. The lowest BCUT2D eigenvalue weighted by Gasteiger charge is -2.34. The van der Waals surface area contributed by atoms with Crippen molar-refractivity contribution < 1.29 is 4.74 Å². The van der Waals surface area contributed by atoms with Gasteiger partial charge in [0, 0.05) is 62.3 Å². The number of para-hydroxylation sites is 1. The molecule has 0 aliphatic carbocycles. The number of pyridine rings is 1. The van der Waals surface area contributed by atoms with Gasteiger partial charge in [0.15, 0.2) is 0 Å². The summed E-state index contributed by atoms with van der Waals surface area (Å²) in [5.41, 5.74) is 2.70. The van der Waals surface area contributed by atoms with Gasteiger partial charge in [0.1, 0.15) is 5.75 Å². The smallest absolute Gasteiger partial charge is 0.255 e. The molecule has 0 saturated carbocycles. The van der Waals surface area contributed by atoms with E-state index in [4.69, 9.17) is 9.72 Å². The van der Waals surface area contributed by atoms with Crippen LogP contribution in [0.4, 0.5) is 5.95 Å². The molecule has 3 heterocycles. The Bertz CT molecular complexity index is 1040. The van der Waals surface area contributed by atoms with Crippen molar-refractivity contribution in [1.82, 2.24) is 19.9 Å². The first-order valence-electron chi connectivity index (χ1n) is 10.2. The van der Waals surface area contributed by atoms with E-state index in [2.05, 4.69) is 21.3 Å². The summed E-state index contributed by atoms with van der Waals surface area (Å²) in [6, 6.07) is 13.8. The van der Waals surface area contributed by atoms with E-state index in [0.717, 1.165) is 55.3 Å². The van der Waals surface area contributed by atoms with Gasteiger partial charge in [-0.1, -0.05) is 18.2 Å². The minimum Gasteiger partial charge on any atom is -0.496 e. The third-order valence-corrected chi connectivity index (χ3v) is 5.64. The van der Waals surface area contributed by atoms with Gasteiger partial charge < -0.3 is 15.0 Å². The first kappa shape index (κ1) is 20.1. The summed E-state index contributed by atoms with van der Waals surface area (Å²) in [6.07, 6.45) is 5.41. The molecule has 4 rings (SSSR count). The van der Waals surface area contributed by atoms with Gasteiger partial charge in [0.05, 0.1) is 12.8 Å². The van der Waals surface area contributed by atoms with Crippen LogP contribution >= 0.6 is 0 Å². The molecular formula is C23H27N5O2. The number of ether oxygens (including phenoxy) is 1. The van der Waals surface area contributed by atoms with Crippen molar-refractivity contribution in [3.8, 4) is 17.0 Å². The van der Waals surface area contributed by atoms with Crippen molar-refractivity contribution in [1.29, 1.82) is 0 Å². The number of aromatic nitrogens is 3. The van der Waals surface area contributed by atoms with Crippen molar-refractivity contribution in [3.05, 3.63) is 70.8 Å². The highest BCUT2D eigenvalue weighted by Crippen LogP contribution is 2.22. The number of piperidine rings is 1. The van der Waals surface area contributed by atoms with E-state index in [-0.39, 0.29) is 5.56 Å². The Balaban J connectivity index is 1.43. The van der Waals surface area contributed by atoms with Crippen molar-refractivity contribution in [3.63, 3.8) is 0 Å². The predicted octanol–water partition coefficient (Wildman–Crippen LogP) is 2.61. The van der Waals surface area contributed by atoms with Gasteiger partial charge in [-0.15, -0.1) is 0 Å². The number of nitrogens with one attached hydrogen (secondary N) is 1. The second-order valence-corrected chi connectivity index (χ2v) is 7.53. The van der Waals surface area contributed by atoms with Crippen LogP contribution in [0, 0.1) is 0 Å². The number of hydrogen-bond donors (Lipinski definition) is 1. The lowest BCUT2D eigenvalue weighted by atomic mass is 10.0. The molecule has 0 atom stereocenters. The van der Waals surface area contributed by atoms with E-state index in [1.807, 2.05) is 30.3 Å². The Morgan fingerprint density at radius 3 is 2.60 bits per heavy atom. The van der Waals surface area contributed by atoms with E-state index in [1.54, 1.807) is 37.2 Å². The third-order valence-electron chi connectivity index (χ3n) is 5.64. The highest BCUT2D eigenvalue weighted by atomic mass is 16.5. The Kier molecular flexibility index (Phi) is 6.09. The van der Waals surface area contributed by atoms with Gasteiger partial charge >= 0.3 is 0 Å². The van der Waals surface area contributed by atoms with E-state index >= 15 is 0 Å². The first-order valence-corrected chi connectivity index (χ1v) is 10.2. The summed E-state index contributed by atoms with van der Waals surface area (Å²) >= 11 is 0. The molecule has 3 aromatic rings. The van der Waals surface area contributed by atoms with E-state index in [1.165, 1.54) is 0 Å². The second-order valence-electron chi connectivity index (χ2n) is 7.53. The maximum atomic E-state index is 12.5. The van der Waals surface area contributed by atoms with Crippen LogP contribution < -0.4 is 20.5 Å². The lowest BCUT2D eigenvalue weighted by molar-refractivity contribution is 0.389. The molecule has 1 N–H and O–H groups in total. The summed E-state index contributed by atoms with van der Waals surface area (Å²) in [4.78, 5) is 23.6. The Labute approximate surface area is 176 Å². The number of anilines is 1. The molecular weight excluding hydrogens is 378 g/mol. The number of benzene rings is 1. The normalized spacial score (nSPS) is 14.7. The van der Waals surface area contributed by atoms with Crippen molar-refractivity contribution in [2.75, 3.05) is 25.1 Å². The molecule has 0 amide bonds. The van der Waals surface area contributed by atoms with E-state index in [9.17, 15) is 4.79 Å². The Hall–Kier alpha value is -3.19. The molecule has 1 aliphatic heterocycles. The summed E-state index contributed by atoms with van der Waals surface area (Å²) in [5.74, 6) is 1.63. The molecule has 0 spiro atoms. The average molecular weight is 406 g/mol. The number of nitrogens with zero attached hydrogens (tertiary/aromatic N) is 4. The van der Waals surface area contributed by atoms with Crippen molar-refractivity contribution in [2.24, 2.45) is 7.05 Å². The van der Waals surface area contributed by atoms with Crippen LogP contribution in [0.15, 0.2) is 59.7 Å². The minimum atomic E-state index is -0.0526. The standard InChI is InChI=1S/C23H27N5O2/c1-27-22(29)15-20(17-7-11-24-12-8-17)26-23(27)28-13-9-19(10-14-28)25-16-18-5-3-4-6-21(18)30-2/h3-8,11-12,15,19,25H,9-10,13-14,16H2,1-2H3. The van der Waals surface area contributed by atoms with Crippen LogP contribution in [0.5, 0.6) is 5.75 Å². The Morgan fingerprint density at radius 1 is 1.13 bits per heavy atom. The van der Waals surface area contributed by atoms with Gasteiger partial charge in [-0.25, -0.2) is 4.98 Å². The van der Waals surface area contributed by atoms with Crippen LogP contribution in [-0.4, -0.2) is 40.8 Å². The van der Waals surface area contributed by atoms with Crippen LogP contribution in [0.1, 0.15) is 18.4 Å². The molecule has 7 heteroatoms. The topological polar surface area (TPSA) is 72.3 Å². The zero-order chi connectivity index (χ0) is 20.9. The fraction of sp³-hybridized carbons (Fsp3) is 0.348. The van der Waals surface area contributed by atoms with Crippen LogP contribution in [0.3, 0.4) is 0 Å². The van der Waals surface area contributed by atoms with Crippen LogP contribution in [-0.2, 0) is 13.6 Å². The van der Waals surface area contributed by atoms with Gasteiger partial charge in [0.25, 0.3) is 5.56 Å². The van der Waals surface area contributed by atoms with Gasteiger partial charge in [0.2, 0.25) is 5.95 Å². The quantitative estimate of drug-likeness (QED) is 0.680. The fourth-order valence-corrected chi connectivity index (χ4v) is 3.87. The largest absolute Gasteiger partial charge is 0.496 e. The zero-order valence-corrected chi connectivity index (χ0v) is 17.4. The highest BCUT2D eigenvalue weighted by Gasteiger charge is 2.22. The molecule has 0 bridgehead atoms. The Morgan fingerprint density at radius 2 is 1.87 bits per heavy atom. The van der Waals surface area contributed by atoms with Gasteiger partial charge in [-0.2, -0.15) is 0 Å². The van der Waals surface area contributed by atoms with Crippen LogP contribution in [0.2, 0.25) is 0 Å². The van der Waals surface area contributed by atoms with E-state index in [0.29, 0.717) is 11.7 Å². The maximum absolute atomic E-state index is 12.5. The van der Waals surface area contributed by atoms with Crippen molar-refractivity contribution >= 4 is 5.95 Å². The summed E-state index contributed by atoms with van der Waals surface area (Å²) in [5, 5.41) is 3.65. The SMILES string of the molecule is COc1ccccc1CNC1CCN(c2nc(-c3ccncc3)cc(=O)n2C)CC1. The fourth-order valence-electron chi connectivity index (χ4n) is 3.87. The first-order chi connectivity index (χ1) is 14.7. The molecule has 1 aromatic carbocycles. The predicted molar refractivity (Wildman–Crippen MR) is 118 cm³/mol. The van der Waals surface area contributed by atoms with Gasteiger partial charge in [-0.3, -0.25) is 14.3 Å². The molecule has 0 radical (unpaired) electrons. The average Bonchev–Trinajstić information content (AvgIpc) is 2.80. The molecule has 1 fully saturated rings. The van der Waals surface area contributed by atoms with E-state index < -0.39 is 0 Å². The summed E-state index contributed by atoms with van der Waals surface area (Å²) in [7, 11) is 3.49. The highest BCUT2D eigenvalue weighted by molar-refractivity contribution is 5.59. The maximum Gasteiger partial charge on any atom is 0.255 e. The molecule has 2 aromatic heterocycles. The van der Waals surface area contributed by atoms with Gasteiger partial charge in [-0.05, 0) is 31.0 Å². The van der Waals surface area contributed by atoms with Crippen LogP contribution in [0.25, 0.3) is 11.3 Å². The summed E-state index contributed by atoms with van der Waals surface area (Å²) in [6.45, 7) is 2.48. The molecule has 7 nitrogen and oxygen atoms in total. The number of hydrogen-bond acceptors (Lipinski definition) is 6. The molecule has 1 saturated heterocycles. The van der Waals surface area contributed by atoms with Crippen molar-refractivity contribution in [2.45, 2.75) is 25.4 Å². The summed E-state index contributed by atoms with van der Waals surface area (Å²) < 4.78 is 7.07.